The third-order valence-electron chi connectivity index (χ3n) is 8.46. The Kier molecular flexibility index (Phi) is 6.12. The number of hydrogen-bond donors (Lipinski definition) is 1. The first-order valence-corrected chi connectivity index (χ1v) is 13.7. The van der Waals surface area contributed by atoms with Gasteiger partial charge in [-0.15, -0.1) is 0 Å². The molecule has 2 bridgehead atoms. The third-order valence-corrected chi connectivity index (χ3v) is 8.46. The van der Waals surface area contributed by atoms with Crippen LogP contribution in [0.5, 0.6) is 0 Å². The molecule has 10 heteroatoms. The molecule has 0 aromatic heterocycles. The summed E-state index contributed by atoms with van der Waals surface area (Å²) >= 11 is 0. The van der Waals surface area contributed by atoms with Crippen LogP contribution in [-0.2, 0) is 19.1 Å². The van der Waals surface area contributed by atoms with Crippen molar-refractivity contribution in [2.45, 2.75) is 11.8 Å². The normalized spacial score (nSPS) is 21.1. The van der Waals surface area contributed by atoms with Gasteiger partial charge in [0, 0.05) is 29.7 Å². The molecule has 0 radical (unpaired) electrons. The van der Waals surface area contributed by atoms with Crippen molar-refractivity contribution in [2.24, 2.45) is 11.8 Å². The first-order chi connectivity index (χ1) is 20.8. The van der Waals surface area contributed by atoms with Crippen LogP contribution in [0.15, 0.2) is 97.1 Å². The standard InChI is InChI=1S/C33H23N3O7/c37-26(34-19-8-6-10-21(16-19)36(41)42)17-43-33(40)18-7-5-9-20(15-18)35-31(38)29-27-22-11-1-2-12-23(22)28(30(29)32(35)39)25-14-4-3-13-24(25)27/h1-16,27-30H,17H2,(H,34,37)/t27?,28?,29-,30-/m1/s1. The molecule has 0 spiro atoms. The first-order valence-electron chi connectivity index (χ1n) is 13.7. The van der Waals surface area contributed by atoms with Crippen LogP contribution >= 0.6 is 0 Å². The van der Waals surface area contributed by atoms with E-state index in [1.54, 1.807) is 12.1 Å². The molecule has 43 heavy (non-hydrogen) atoms. The molecule has 1 fully saturated rings. The lowest BCUT2D eigenvalue weighted by molar-refractivity contribution is -0.384. The van der Waals surface area contributed by atoms with Crippen LogP contribution in [0.2, 0.25) is 0 Å². The minimum atomic E-state index is -0.826. The van der Waals surface area contributed by atoms with Gasteiger partial charge in [-0.2, -0.15) is 0 Å². The maximum atomic E-state index is 14.0. The third kappa shape index (κ3) is 4.18. The predicted molar refractivity (Wildman–Crippen MR) is 154 cm³/mol. The second-order valence-electron chi connectivity index (χ2n) is 10.8. The van der Waals surface area contributed by atoms with Gasteiger partial charge in [0.05, 0.1) is 28.0 Å². The van der Waals surface area contributed by atoms with Crippen molar-refractivity contribution in [1.82, 2.24) is 0 Å². The summed E-state index contributed by atoms with van der Waals surface area (Å²) in [6.07, 6.45) is 0. The molecule has 2 atom stereocenters. The van der Waals surface area contributed by atoms with E-state index in [0.29, 0.717) is 0 Å². The zero-order valence-corrected chi connectivity index (χ0v) is 22.5. The van der Waals surface area contributed by atoms with Crippen LogP contribution < -0.4 is 10.2 Å². The fraction of sp³-hybridized carbons (Fsp3) is 0.152. The van der Waals surface area contributed by atoms with E-state index < -0.39 is 35.2 Å². The van der Waals surface area contributed by atoms with E-state index in [4.69, 9.17) is 4.74 Å². The summed E-state index contributed by atoms with van der Waals surface area (Å²) < 4.78 is 5.16. The van der Waals surface area contributed by atoms with Gasteiger partial charge in [-0.05, 0) is 46.5 Å². The summed E-state index contributed by atoms with van der Waals surface area (Å²) in [6.45, 7) is -0.642. The van der Waals surface area contributed by atoms with E-state index in [9.17, 15) is 29.3 Å². The number of non-ortho nitro benzene ring substituents is 1. The maximum absolute atomic E-state index is 14.0. The van der Waals surface area contributed by atoms with Crippen molar-refractivity contribution in [3.05, 3.63) is 135 Å². The Bertz CT molecular complexity index is 1750. The fourth-order valence-corrected chi connectivity index (χ4v) is 6.81. The Labute approximate surface area is 245 Å². The van der Waals surface area contributed by atoms with Gasteiger partial charge >= 0.3 is 5.97 Å². The number of carbonyl (C=O) groups is 4. The van der Waals surface area contributed by atoms with E-state index in [1.807, 2.05) is 48.5 Å². The number of anilines is 2. The van der Waals surface area contributed by atoms with Crippen LogP contribution in [0.1, 0.15) is 44.4 Å². The number of benzene rings is 4. The van der Waals surface area contributed by atoms with E-state index in [-0.39, 0.29) is 46.3 Å². The number of esters is 1. The van der Waals surface area contributed by atoms with Crippen LogP contribution in [0.3, 0.4) is 0 Å². The number of imide groups is 1. The van der Waals surface area contributed by atoms with Crippen molar-refractivity contribution in [3.8, 4) is 0 Å². The number of hydrogen-bond acceptors (Lipinski definition) is 7. The SMILES string of the molecule is O=C(COC(=O)c1cccc(N2C(=O)[C@@H]3C4c5ccccc5C(c5ccccc54)[C@H]3C2=O)c1)Nc1cccc([N+](=O)[O-])c1. The molecular weight excluding hydrogens is 550 g/mol. The predicted octanol–water partition coefficient (Wildman–Crippen LogP) is 4.79. The molecule has 4 aliphatic rings. The molecule has 4 aromatic carbocycles. The zero-order chi connectivity index (χ0) is 29.8. The highest BCUT2D eigenvalue weighted by Crippen LogP contribution is 2.61. The van der Waals surface area contributed by atoms with Crippen molar-refractivity contribution < 1.29 is 28.8 Å². The lowest BCUT2D eigenvalue weighted by Gasteiger charge is -2.45. The van der Waals surface area contributed by atoms with Gasteiger partial charge in [0.1, 0.15) is 0 Å². The smallest absolute Gasteiger partial charge is 0.338 e. The average molecular weight is 574 g/mol. The molecule has 0 saturated carbocycles. The number of nitrogens with one attached hydrogen (secondary N) is 1. The highest BCUT2D eigenvalue weighted by Gasteiger charge is 2.61. The van der Waals surface area contributed by atoms with Crippen molar-refractivity contribution >= 4 is 40.8 Å². The summed E-state index contributed by atoms with van der Waals surface area (Å²) in [4.78, 5) is 64.7. The van der Waals surface area contributed by atoms with Crippen molar-refractivity contribution in [2.75, 3.05) is 16.8 Å². The van der Waals surface area contributed by atoms with Crippen LogP contribution in [0.25, 0.3) is 0 Å². The van der Waals surface area contributed by atoms with Gasteiger partial charge in [0.2, 0.25) is 11.8 Å². The zero-order valence-electron chi connectivity index (χ0n) is 22.5. The minimum Gasteiger partial charge on any atom is -0.452 e. The number of amides is 3. The van der Waals surface area contributed by atoms with Gasteiger partial charge < -0.3 is 10.1 Å². The Balaban J connectivity index is 1.11. The van der Waals surface area contributed by atoms with Crippen molar-refractivity contribution in [1.29, 1.82) is 0 Å². The average Bonchev–Trinajstić information content (AvgIpc) is 3.30. The second-order valence-corrected chi connectivity index (χ2v) is 10.8. The molecule has 10 nitrogen and oxygen atoms in total. The van der Waals surface area contributed by atoms with Gasteiger partial charge in [0.15, 0.2) is 6.61 Å². The lowest BCUT2D eigenvalue weighted by Crippen LogP contribution is -2.41. The van der Waals surface area contributed by atoms with E-state index in [0.717, 1.165) is 22.3 Å². The molecule has 0 unspecified atom stereocenters. The molecular formula is C33H23N3O7. The second kappa shape index (κ2) is 10.0. The van der Waals surface area contributed by atoms with E-state index >= 15 is 0 Å². The van der Waals surface area contributed by atoms with E-state index in [1.165, 1.54) is 41.3 Å². The summed E-state index contributed by atoms with van der Waals surface area (Å²) in [5.74, 6) is -3.75. The fourth-order valence-electron chi connectivity index (χ4n) is 6.81. The Hall–Kier alpha value is -5.64. The molecule has 4 aromatic rings. The first kappa shape index (κ1) is 26.3. The molecule has 1 saturated heterocycles. The lowest BCUT2D eigenvalue weighted by atomic mass is 9.55. The van der Waals surface area contributed by atoms with Gasteiger partial charge in [-0.25, -0.2) is 9.69 Å². The summed E-state index contributed by atoms with van der Waals surface area (Å²) in [5, 5.41) is 13.4. The highest BCUT2D eigenvalue weighted by atomic mass is 16.6. The molecule has 3 aliphatic carbocycles. The number of nitrogens with zero attached hydrogens (tertiary/aromatic N) is 2. The number of nitro groups is 1. The van der Waals surface area contributed by atoms with Gasteiger partial charge in [-0.1, -0.05) is 60.7 Å². The van der Waals surface area contributed by atoms with Gasteiger partial charge in [-0.3, -0.25) is 24.5 Å². The van der Waals surface area contributed by atoms with E-state index in [2.05, 4.69) is 5.32 Å². The number of carbonyl (C=O) groups excluding carboxylic acids is 4. The molecule has 3 amide bonds. The van der Waals surface area contributed by atoms with Crippen LogP contribution in [0.4, 0.5) is 17.1 Å². The quantitative estimate of drug-likeness (QED) is 0.152. The summed E-state index contributed by atoms with van der Waals surface area (Å²) in [6, 6.07) is 27.4. The Morgan fingerprint density at radius 1 is 0.767 bits per heavy atom. The molecule has 1 aliphatic heterocycles. The Morgan fingerprint density at radius 3 is 1.88 bits per heavy atom. The minimum absolute atomic E-state index is 0.0608. The molecule has 8 rings (SSSR count). The molecule has 212 valence electrons. The summed E-state index contributed by atoms with van der Waals surface area (Å²) in [7, 11) is 0. The Morgan fingerprint density at radius 2 is 1.33 bits per heavy atom. The van der Waals surface area contributed by atoms with Crippen molar-refractivity contribution in [3.63, 3.8) is 0 Å². The number of rotatable bonds is 6. The largest absolute Gasteiger partial charge is 0.452 e. The monoisotopic (exact) mass is 573 g/mol. The maximum Gasteiger partial charge on any atom is 0.338 e. The number of ether oxygens (including phenoxy) is 1. The highest BCUT2D eigenvalue weighted by molar-refractivity contribution is 6.23. The molecule has 1 heterocycles. The van der Waals surface area contributed by atoms with Gasteiger partial charge in [0.25, 0.3) is 11.6 Å². The van der Waals surface area contributed by atoms with Crippen LogP contribution in [-0.4, -0.2) is 35.2 Å². The molecule has 1 N–H and O–H groups in total. The number of nitro benzene ring substituents is 1. The van der Waals surface area contributed by atoms with Crippen LogP contribution in [0, 0.1) is 22.0 Å². The topological polar surface area (TPSA) is 136 Å². The summed E-state index contributed by atoms with van der Waals surface area (Å²) in [5.41, 5.74) is 4.57.